The van der Waals surface area contributed by atoms with Crippen LogP contribution in [0.25, 0.3) is 10.9 Å². The van der Waals surface area contributed by atoms with Crippen molar-refractivity contribution in [2.75, 3.05) is 0 Å². The van der Waals surface area contributed by atoms with Crippen molar-refractivity contribution in [1.29, 1.82) is 5.26 Å². The molecule has 2 nitrogen and oxygen atoms in total. The summed E-state index contributed by atoms with van der Waals surface area (Å²) in [6.07, 6.45) is 1.37. The van der Waals surface area contributed by atoms with Gasteiger partial charge in [-0.2, -0.15) is 5.26 Å². The molecule has 0 bridgehead atoms. The van der Waals surface area contributed by atoms with E-state index >= 15 is 0 Å². The summed E-state index contributed by atoms with van der Waals surface area (Å²) in [7, 11) is 0. The Morgan fingerprint density at radius 2 is 2.23 bits per heavy atom. The Bertz CT molecular complexity index is 500. The molecule has 0 aliphatic carbocycles. The molecule has 0 fully saturated rings. The van der Waals surface area contributed by atoms with Crippen molar-refractivity contribution in [2.45, 2.75) is 0 Å². The SMILES string of the molecule is N#Cc1cnc2c(F)cccc2c1. The Morgan fingerprint density at radius 1 is 1.38 bits per heavy atom. The molecule has 0 radical (unpaired) electrons. The van der Waals surface area contributed by atoms with E-state index in [9.17, 15) is 4.39 Å². The molecule has 2 aromatic rings. The third kappa shape index (κ3) is 1.23. The summed E-state index contributed by atoms with van der Waals surface area (Å²) in [4.78, 5) is 3.85. The number of benzene rings is 1. The normalized spacial score (nSPS) is 9.85. The van der Waals surface area contributed by atoms with E-state index in [1.165, 1.54) is 12.3 Å². The van der Waals surface area contributed by atoms with Gasteiger partial charge in [0.2, 0.25) is 0 Å². The van der Waals surface area contributed by atoms with E-state index in [1.807, 2.05) is 6.07 Å². The van der Waals surface area contributed by atoms with Crippen LogP contribution in [0.15, 0.2) is 30.5 Å². The zero-order chi connectivity index (χ0) is 9.26. The first-order chi connectivity index (χ1) is 6.31. The number of fused-ring (bicyclic) bond motifs is 1. The van der Waals surface area contributed by atoms with E-state index in [0.717, 1.165) is 0 Å². The number of nitriles is 1. The molecule has 0 atom stereocenters. The molecule has 0 aliphatic heterocycles. The highest BCUT2D eigenvalue weighted by molar-refractivity contribution is 5.79. The number of hydrogen-bond acceptors (Lipinski definition) is 2. The number of aromatic nitrogens is 1. The second-order valence-corrected chi connectivity index (χ2v) is 2.65. The van der Waals surface area contributed by atoms with E-state index in [1.54, 1.807) is 18.2 Å². The molecule has 2 rings (SSSR count). The van der Waals surface area contributed by atoms with Gasteiger partial charge in [-0.05, 0) is 12.1 Å². The fourth-order valence-electron chi connectivity index (χ4n) is 1.18. The third-order valence-corrected chi connectivity index (χ3v) is 1.79. The molecule has 0 saturated carbocycles. The lowest BCUT2D eigenvalue weighted by Crippen LogP contribution is -1.85. The highest BCUT2D eigenvalue weighted by atomic mass is 19.1. The van der Waals surface area contributed by atoms with Gasteiger partial charge in [0, 0.05) is 11.6 Å². The van der Waals surface area contributed by atoms with Crippen molar-refractivity contribution in [3.63, 3.8) is 0 Å². The van der Waals surface area contributed by atoms with Crippen molar-refractivity contribution in [3.8, 4) is 6.07 Å². The maximum absolute atomic E-state index is 13.1. The average molecular weight is 172 g/mol. The molecule has 1 aromatic carbocycles. The fourth-order valence-corrected chi connectivity index (χ4v) is 1.18. The Kier molecular flexibility index (Phi) is 1.67. The minimum atomic E-state index is -0.359. The van der Waals surface area contributed by atoms with Gasteiger partial charge in [-0.25, -0.2) is 4.39 Å². The third-order valence-electron chi connectivity index (χ3n) is 1.79. The van der Waals surface area contributed by atoms with Crippen LogP contribution in [0.5, 0.6) is 0 Å². The predicted octanol–water partition coefficient (Wildman–Crippen LogP) is 2.25. The van der Waals surface area contributed by atoms with Crippen molar-refractivity contribution in [1.82, 2.24) is 4.98 Å². The maximum Gasteiger partial charge on any atom is 0.149 e. The summed E-state index contributed by atoms with van der Waals surface area (Å²) >= 11 is 0. The number of para-hydroxylation sites is 1. The lowest BCUT2D eigenvalue weighted by Gasteiger charge is -1.97. The van der Waals surface area contributed by atoms with Crippen LogP contribution in [0.1, 0.15) is 5.56 Å². The van der Waals surface area contributed by atoms with Crippen molar-refractivity contribution < 1.29 is 4.39 Å². The lowest BCUT2D eigenvalue weighted by molar-refractivity contribution is 0.637. The topological polar surface area (TPSA) is 36.7 Å². The standard InChI is InChI=1S/C10H5FN2/c11-9-3-1-2-8-4-7(5-12)6-13-10(8)9/h1-4,6H. The summed E-state index contributed by atoms with van der Waals surface area (Å²) in [5.74, 6) is -0.359. The molecule has 1 heterocycles. The van der Waals surface area contributed by atoms with E-state index in [-0.39, 0.29) is 5.82 Å². The lowest BCUT2D eigenvalue weighted by atomic mass is 10.2. The smallest absolute Gasteiger partial charge is 0.149 e. The van der Waals surface area contributed by atoms with Gasteiger partial charge in [-0.15, -0.1) is 0 Å². The van der Waals surface area contributed by atoms with Gasteiger partial charge in [0.15, 0.2) is 0 Å². The molecule has 0 amide bonds. The van der Waals surface area contributed by atoms with Crippen LogP contribution in [0, 0.1) is 17.1 Å². The fraction of sp³-hybridized carbons (Fsp3) is 0. The summed E-state index contributed by atoms with van der Waals surface area (Å²) in [5, 5.41) is 9.23. The van der Waals surface area contributed by atoms with Crippen LogP contribution in [0.4, 0.5) is 4.39 Å². The van der Waals surface area contributed by atoms with E-state index in [4.69, 9.17) is 5.26 Å². The van der Waals surface area contributed by atoms with E-state index in [2.05, 4.69) is 4.98 Å². The van der Waals surface area contributed by atoms with E-state index in [0.29, 0.717) is 16.5 Å². The summed E-state index contributed by atoms with van der Waals surface area (Å²) in [6, 6.07) is 8.24. The number of hydrogen-bond donors (Lipinski definition) is 0. The molecule has 13 heavy (non-hydrogen) atoms. The highest BCUT2D eigenvalue weighted by Gasteiger charge is 2.01. The Morgan fingerprint density at radius 3 is 3.00 bits per heavy atom. The average Bonchev–Trinajstić information content (AvgIpc) is 2.18. The van der Waals surface area contributed by atoms with Crippen molar-refractivity contribution in [3.05, 3.63) is 41.8 Å². The number of halogens is 1. The van der Waals surface area contributed by atoms with Gasteiger partial charge >= 0.3 is 0 Å². The molecule has 0 saturated heterocycles. The molecular formula is C10H5FN2. The zero-order valence-corrected chi connectivity index (χ0v) is 6.66. The van der Waals surface area contributed by atoms with Gasteiger partial charge in [0.1, 0.15) is 17.4 Å². The Hall–Kier alpha value is -1.95. The van der Waals surface area contributed by atoms with E-state index < -0.39 is 0 Å². The molecule has 3 heteroatoms. The first-order valence-electron chi connectivity index (χ1n) is 3.75. The Balaban J connectivity index is 2.82. The van der Waals surface area contributed by atoms with Crippen LogP contribution in [0.3, 0.4) is 0 Å². The summed E-state index contributed by atoms with van der Waals surface area (Å²) < 4.78 is 13.1. The maximum atomic E-state index is 13.1. The van der Waals surface area contributed by atoms with Gasteiger partial charge in [0.05, 0.1) is 5.56 Å². The van der Waals surface area contributed by atoms with Gasteiger partial charge in [0.25, 0.3) is 0 Å². The first-order valence-corrected chi connectivity index (χ1v) is 3.75. The molecule has 0 spiro atoms. The summed E-state index contributed by atoms with van der Waals surface area (Å²) in [5.41, 5.74) is 0.750. The van der Waals surface area contributed by atoms with Crippen LogP contribution in [0.2, 0.25) is 0 Å². The predicted molar refractivity (Wildman–Crippen MR) is 46.4 cm³/mol. The second kappa shape index (κ2) is 2.83. The largest absolute Gasteiger partial charge is 0.252 e. The van der Waals surface area contributed by atoms with Crippen LogP contribution < -0.4 is 0 Å². The molecule has 0 N–H and O–H groups in total. The van der Waals surface area contributed by atoms with Crippen LogP contribution in [-0.2, 0) is 0 Å². The van der Waals surface area contributed by atoms with Gasteiger partial charge in [-0.3, -0.25) is 4.98 Å². The molecule has 0 aliphatic rings. The molecule has 62 valence electrons. The van der Waals surface area contributed by atoms with Crippen molar-refractivity contribution >= 4 is 10.9 Å². The van der Waals surface area contributed by atoms with Crippen LogP contribution >= 0.6 is 0 Å². The minimum absolute atomic E-state index is 0.307. The Labute approximate surface area is 74.3 Å². The molecule has 1 aromatic heterocycles. The zero-order valence-electron chi connectivity index (χ0n) is 6.66. The number of rotatable bonds is 0. The highest BCUT2D eigenvalue weighted by Crippen LogP contribution is 2.15. The first kappa shape index (κ1) is 7.69. The molecule has 0 unspecified atom stereocenters. The summed E-state index contributed by atoms with van der Waals surface area (Å²) in [6.45, 7) is 0. The monoisotopic (exact) mass is 172 g/mol. The quantitative estimate of drug-likeness (QED) is 0.611. The van der Waals surface area contributed by atoms with Crippen molar-refractivity contribution in [2.24, 2.45) is 0 Å². The number of pyridine rings is 1. The minimum Gasteiger partial charge on any atom is -0.252 e. The second-order valence-electron chi connectivity index (χ2n) is 2.65. The van der Waals surface area contributed by atoms with Crippen LogP contribution in [-0.4, -0.2) is 4.98 Å². The van der Waals surface area contributed by atoms with Gasteiger partial charge in [-0.1, -0.05) is 12.1 Å². The molecular weight excluding hydrogens is 167 g/mol. The van der Waals surface area contributed by atoms with Gasteiger partial charge < -0.3 is 0 Å². The number of nitrogens with zero attached hydrogens (tertiary/aromatic N) is 2.